The van der Waals surface area contributed by atoms with Crippen LogP contribution in [0.2, 0.25) is 0 Å². The van der Waals surface area contributed by atoms with E-state index in [4.69, 9.17) is 5.73 Å². The van der Waals surface area contributed by atoms with E-state index < -0.39 is 5.54 Å². The molecule has 0 bridgehead atoms. The second-order valence-electron chi connectivity index (χ2n) is 5.74. The van der Waals surface area contributed by atoms with Gasteiger partial charge in [0.25, 0.3) is 0 Å². The van der Waals surface area contributed by atoms with E-state index in [9.17, 15) is 9.59 Å². The summed E-state index contributed by atoms with van der Waals surface area (Å²) in [5.74, 6) is -0.0284. The van der Waals surface area contributed by atoms with Gasteiger partial charge < -0.3 is 16.0 Å². The van der Waals surface area contributed by atoms with Crippen LogP contribution in [0.1, 0.15) is 46.0 Å². The van der Waals surface area contributed by atoms with Gasteiger partial charge in [-0.3, -0.25) is 9.59 Å². The van der Waals surface area contributed by atoms with Crippen LogP contribution in [0.25, 0.3) is 0 Å². The number of carbonyl (C=O) groups is 2. The lowest BCUT2D eigenvalue weighted by molar-refractivity contribution is -0.136. The number of amides is 2. The third-order valence-corrected chi connectivity index (χ3v) is 3.00. The van der Waals surface area contributed by atoms with Gasteiger partial charge in [-0.05, 0) is 26.7 Å². The fourth-order valence-electron chi connectivity index (χ4n) is 1.94. The van der Waals surface area contributed by atoms with Crippen LogP contribution in [0.5, 0.6) is 0 Å². The van der Waals surface area contributed by atoms with Crippen LogP contribution >= 0.6 is 0 Å². The molecule has 0 aromatic rings. The summed E-state index contributed by atoms with van der Waals surface area (Å²) in [4.78, 5) is 25.2. The maximum atomic E-state index is 11.8. The second kappa shape index (κ2) is 6.73. The number of nitrogens with one attached hydrogen (secondary N) is 1. The molecule has 1 rings (SSSR count). The van der Waals surface area contributed by atoms with E-state index in [1.165, 1.54) is 0 Å². The molecule has 104 valence electrons. The van der Waals surface area contributed by atoms with Crippen molar-refractivity contribution < 1.29 is 9.59 Å². The van der Waals surface area contributed by atoms with E-state index in [2.05, 4.69) is 5.32 Å². The van der Waals surface area contributed by atoms with Crippen molar-refractivity contribution in [3.05, 3.63) is 0 Å². The van der Waals surface area contributed by atoms with Gasteiger partial charge in [-0.15, -0.1) is 0 Å². The molecule has 0 unspecified atom stereocenters. The Morgan fingerprint density at radius 3 is 2.67 bits per heavy atom. The van der Waals surface area contributed by atoms with E-state index >= 15 is 0 Å². The number of nitrogens with zero attached hydrogens (tertiary/aromatic N) is 1. The van der Waals surface area contributed by atoms with Crippen molar-refractivity contribution in [1.82, 2.24) is 10.2 Å². The van der Waals surface area contributed by atoms with Crippen LogP contribution in [-0.2, 0) is 9.59 Å². The lowest BCUT2D eigenvalue weighted by Crippen LogP contribution is -2.48. The molecule has 0 aromatic carbocycles. The van der Waals surface area contributed by atoms with Crippen LogP contribution in [0, 0.1) is 0 Å². The van der Waals surface area contributed by atoms with Crippen LogP contribution in [0.4, 0.5) is 0 Å². The highest BCUT2D eigenvalue weighted by molar-refractivity contribution is 5.84. The number of carbonyl (C=O) groups excluding carboxylic acids is 2. The molecule has 0 saturated carbocycles. The minimum atomic E-state index is -0.421. The van der Waals surface area contributed by atoms with Gasteiger partial charge in [0.2, 0.25) is 11.8 Å². The Labute approximate surface area is 109 Å². The summed E-state index contributed by atoms with van der Waals surface area (Å²) < 4.78 is 0. The molecule has 2 amide bonds. The van der Waals surface area contributed by atoms with Gasteiger partial charge >= 0.3 is 0 Å². The predicted molar refractivity (Wildman–Crippen MR) is 70.9 cm³/mol. The first-order valence-electron chi connectivity index (χ1n) is 6.72. The Balaban J connectivity index is 2.38. The molecular formula is C13H25N3O2. The molecule has 1 fully saturated rings. The monoisotopic (exact) mass is 255 g/mol. The molecule has 3 N–H and O–H groups in total. The van der Waals surface area contributed by atoms with Crippen molar-refractivity contribution in [2.75, 3.05) is 19.6 Å². The van der Waals surface area contributed by atoms with Gasteiger partial charge in [-0.25, -0.2) is 0 Å². The number of nitrogens with two attached hydrogens (primary N) is 1. The molecule has 0 radical (unpaired) electrons. The van der Waals surface area contributed by atoms with Gasteiger partial charge in [-0.1, -0.05) is 12.8 Å². The Kier molecular flexibility index (Phi) is 5.59. The first-order valence-corrected chi connectivity index (χ1v) is 6.72. The van der Waals surface area contributed by atoms with E-state index in [0.717, 1.165) is 25.7 Å². The fraction of sp³-hybridized carbons (Fsp3) is 0.846. The van der Waals surface area contributed by atoms with Gasteiger partial charge in [-0.2, -0.15) is 0 Å². The summed E-state index contributed by atoms with van der Waals surface area (Å²) in [6.45, 7) is 4.99. The molecule has 5 heteroatoms. The summed E-state index contributed by atoms with van der Waals surface area (Å²) in [7, 11) is 0. The van der Waals surface area contributed by atoms with E-state index in [-0.39, 0.29) is 18.4 Å². The molecule has 0 spiro atoms. The third kappa shape index (κ3) is 6.00. The zero-order valence-corrected chi connectivity index (χ0v) is 11.5. The van der Waals surface area contributed by atoms with Crippen LogP contribution in [0.3, 0.4) is 0 Å². The lowest BCUT2D eigenvalue weighted by atomic mass is 10.1. The largest absolute Gasteiger partial charge is 0.353 e. The average Bonchev–Trinajstić information content (AvgIpc) is 2.25. The lowest BCUT2D eigenvalue weighted by Gasteiger charge is -2.25. The van der Waals surface area contributed by atoms with Crippen molar-refractivity contribution in [2.45, 2.75) is 51.5 Å². The van der Waals surface area contributed by atoms with Crippen LogP contribution < -0.4 is 11.1 Å². The second-order valence-corrected chi connectivity index (χ2v) is 5.74. The predicted octanol–water partition coefficient (Wildman–Crippen LogP) is 0.633. The molecule has 18 heavy (non-hydrogen) atoms. The molecule has 0 atom stereocenters. The maximum absolute atomic E-state index is 11.8. The van der Waals surface area contributed by atoms with Gasteiger partial charge in [0.05, 0.1) is 6.54 Å². The molecule has 1 saturated heterocycles. The first kappa shape index (κ1) is 15.0. The minimum absolute atomic E-state index is 0.0943. The topological polar surface area (TPSA) is 75.4 Å². The zero-order valence-electron chi connectivity index (χ0n) is 11.5. The Morgan fingerprint density at radius 2 is 2.00 bits per heavy atom. The Hall–Kier alpha value is -1.10. The normalized spacial score (nSPS) is 18.2. The zero-order chi connectivity index (χ0) is 13.6. The molecule has 1 heterocycles. The van der Waals surface area contributed by atoms with Gasteiger partial charge in [0.15, 0.2) is 0 Å². The number of rotatable bonds is 4. The molecule has 5 nitrogen and oxygen atoms in total. The summed E-state index contributed by atoms with van der Waals surface area (Å²) in [6, 6.07) is 0. The van der Waals surface area contributed by atoms with E-state index in [1.54, 1.807) is 4.90 Å². The van der Waals surface area contributed by atoms with E-state index in [1.807, 2.05) is 13.8 Å². The van der Waals surface area contributed by atoms with Gasteiger partial charge in [0.1, 0.15) is 0 Å². The highest BCUT2D eigenvalue weighted by atomic mass is 16.2. The smallest absolute Gasteiger partial charge is 0.239 e. The number of likely N-dealkylation sites (tertiary alicyclic amines) is 1. The highest BCUT2D eigenvalue weighted by Gasteiger charge is 2.19. The number of hydrogen-bond acceptors (Lipinski definition) is 3. The standard InChI is InChI=1S/C13H25N3O2/c1-13(2,14)10-15-11(17)9-16-8-6-4-3-5-7-12(16)18/h3-10,14H2,1-2H3,(H,15,17). The van der Waals surface area contributed by atoms with Crippen molar-refractivity contribution >= 4 is 11.8 Å². The maximum Gasteiger partial charge on any atom is 0.239 e. The fourth-order valence-corrected chi connectivity index (χ4v) is 1.94. The van der Waals surface area contributed by atoms with Crippen LogP contribution in [0.15, 0.2) is 0 Å². The SMILES string of the molecule is CC(C)(N)CNC(=O)CN1CCCCCCC1=O. The first-order chi connectivity index (χ1) is 8.38. The third-order valence-electron chi connectivity index (χ3n) is 3.00. The summed E-state index contributed by atoms with van der Waals surface area (Å²) in [6.07, 6.45) is 4.75. The van der Waals surface area contributed by atoms with Crippen molar-refractivity contribution in [3.63, 3.8) is 0 Å². The summed E-state index contributed by atoms with van der Waals surface area (Å²) in [5.41, 5.74) is 5.37. The van der Waals surface area contributed by atoms with Crippen molar-refractivity contribution in [2.24, 2.45) is 5.73 Å². The molecule has 0 aromatic heterocycles. The van der Waals surface area contributed by atoms with Crippen molar-refractivity contribution in [1.29, 1.82) is 0 Å². The molecular weight excluding hydrogens is 230 g/mol. The van der Waals surface area contributed by atoms with Crippen molar-refractivity contribution in [3.8, 4) is 0 Å². The Morgan fingerprint density at radius 1 is 1.33 bits per heavy atom. The Bertz CT molecular complexity index is 297. The molecule has 1 aliphatic heterocycles. The number of hydrogen-bond donors (Lipinski definition) is 2. The van der Waals surface area contributed by atoms with Crippen LogP contribution in [-0.4, -0.2) is 41.9 Å². The molecule has 1 aliphatic rings. The van der Waals surface area contributed by atoms with E-state index in [0.29, 0.717) is 19.5 Å². The highest BCUT2D eigenvalue weighted by Crippen LogP contribution is 2.11. The minimum Gasteiger partial charge on any atom is -0.353 e. The molecule has 0 aliphatic carbocycles. The summed E-state index contributed by atoms with van der Waals surface area (Å²) in [5, 5.41) is 2.77. The average molecular weight is 255 g/mol. The van der Waals surface area contributed by atoms with Gasteiger partial charge in [0, 0.05) is 25.0 Å². The quantitative estimate of drug-likeness (QED) is 0.774. The summed E-state index contributed by atoms with van der Waals surface area (Å²) >= 11 is 0.